The lowest BCUT2D eigenvalue weighted by molar-refractivity contribution is -0.122. The quantitative estimate of drug-likeness (QED) is 0.839. The maximum atomic E-state index is 12.1. The molecule has 20 heavy (non-hydrogen) atoms. The van der Waals surface area contributed by atoms with Crippen LogP contribution in [0.15, 0.2) is 0 Å². The van der Waals surface area contributed by atoms with Gasteiger partial charge in [0.15, 0.2) is 0 Å². The zero-order valence-corrected chi connectivity index (χ0v) is 13.5. The first-order valence-electron chi connectivity index (χ1n) is 8.54. The SMILES string of the molecule is CC1CC(C)CN(CC(C)NC(=O)CC2CCCC2)C1. The van der Waals surface area contributed by atoms with Gasteiger partial charge in [-0.05, 0) is 43.9 Å². The van der Waals surface area contributed by atoms with E-state index in [9.17, 15) is 4.79 Å². The molecule has 0 aromatic heterocycles. The molecule has 1 saturated heterocycles. The average molecular weight is 280 g/mol. The Labute approximate surface area is 124 Å². The molecular weight excluding hydrogens is 248 g/mol. The molecule has 1 heterocycles. The summed E-state index contributed by atoms with van der Waals surface area (Å²) in [5.74, 6) is 2.50. The highest BCUT2D eigenvalue weighted by Crippen LogP contribution is 2.27. The first-order chi connectivity index (χ1) is 9.52. The zero-order valence-electron chi connectivity index (χ0n) is 13.5. The van der Waals surface area contributed by atoms with Gasteiger partial charge in [-0.1, -0.05) is 26.7 Å². The largest absolute Gasteiger partial charge is 0.352 e. The number of carbonyl (C=O) groups is 1. The molecule has 1 N–H and O–H groups in total. The van der Waals surface area contributed by atoms with Crippen molar-refractivity contribution in [1.29, 1.82) is 0 Å². The lowest BCUT2D eigenvalue weighted by Crippen LogP contribution is -2.47. The normalized spacial score (nSPS) is 30.4. The van der Waals surface area contributed by atoms with Gasteiger partial charge in [-0.25, -0.2) is 0 Å². The molecule has 2 aliphatic rings. The summed E-state index contributed by atoms with van der Waals surface area (Å²) >= 11 is 0. The molecule has 1 aliphatic carbocycles. The van der Waals surface area contributed by atoms with Gasteiger partial charge in [-0.3, -0.25) is 4.79 Å². The number of nitrogens with zero attached hydrogens (tertiary/aromatic N) is 1. The fourth-order valence-electron chi connectivity index (χ4n) is 4.18. The van der Waals surface area contributed by atoms with Crippen molar-refractivity contribution in [3.8, 4) is 0 Å². The summed E-state index contributed by atoms with van der Waals surface area (Å²) in [5.41, 5.74) is 0. The highest BCUT2D eigenvalue weighted by Gasteiger charge is 2.24. The third-order valence-electron chi connectivity index (χ3n) is 4.83. The zero-order chi connectivity index (χ0) is 14.5. The Morgan fingerprint density at radius 1 is 1.20 bits per heavy atom. The molecule has 0 aromatic rings. The number of nitrogens with one attached hydrogen (secondary N) is 1. The molecule has 1 aliphatic heterocycles. The number of carbonyl (C=O) groups excluding carboxylic acids is 1. The maximum Gasteiger partial charge on any atom is 0.220 e. The predicted molar refractivity (Wildman–Crippen MR) is 83.6 cm³/mol. The summed E-state index contributed by atoms with van der Waals surface area (Å²) in [4.78, 5) is 14.6. The maximum absolute atomic E-state index is 12.1. The van der Waals surface area contributed by atoms with Crippen LogP contribution >= 0.6 is 0 Å². The third-order valence-corrected chi connectivity index (χ3v) is 4.83. The van der Waals surface area contributed by atoms with Crippen molar-refractivity contribution < 1.29 is 4.79 Å². The number of hydrogen-bond acceptors (Lipinski definition) is 2. The highest BCUT2D eigenvalue weighted by atomic mass is 16.1. The average Bonchev–Trinajstić information content (AvgIpc) is 2.79. The summed E-state index contributed by atoms with van der Waals surface area (Å²) in [7, 11) is 0. The fourth-order valence-corrected chi connectivity index (χ4v) is 4.18. The molecule has 3 heteroatoms. The van der Waals surface area contributed by atoms with Crippen molar-refractivity contribution in [1.82, 2.24) is 10.2 Å². The summed E-state index contributed by atoms with van der Waals surface area (Å²) < 4.78 is 0. The van der Waals surface area contributed by atoms with Crippen LogP contribution in [0.2, 0.25) is 0 Å². The number of amides is 1. The Morgan fingerprint density at radius 2 is 1.80 bits per heavy atom. The van der Waals surface area contributed by atoms with E-state index in [4.69, 9.17) is 0 Å². The molecule has 0 aromatic carbocycles. The summed E-state index contributed by atoms with van der Waals surface area (Å²) in [6.45, 7) is 10.2. The van der Waals surface area contributed by atoms with Gasteiger partial charge in [0.2, 0.25) is 5.91 Å². The summed E-state index contributed by atoms with van der Waals surface area (Å²) in [6.07, 6.45) is 7.23. The van der Waals surface area contributed by atoms with Crippen molar-refractivity contribution in [2.75, 3.05) is 19.6 Å². The molecule has 3 unspecified atom stereocenters. The lowest BCUT2D eigenvalue weighted by atomic mass is 9.91. The van der Waals surface area contributed by atoms with E-state index in [2.05, 4.69) is 31.0 Å². The minimum Gasteiger partial charge on any atom is -0.352 e. The van der Waals surface area contributed by atoms with Crippen LogP contribution in [0.3, 0.4) is 0 Å². The first kappa shape index (κ1) is 15.8. The van der Waals surface area contributed by atoms with Crippen LogP contribution < -0.4 is 5.32 Å². The van der Waals surface area contributed by atoms with Crippen LogP contribution in [0.4, 0.5) is 0 Å². The molecule has 116 valence electrons. The Bertz CT molecular complexity index is 302. The number of piperidine rings is 1. The lowest BCUT2D eigenvalue weighted by Gasteiger charge is -2.36. The predicted octanol–water partition coefficient (Wildman–Crippen LogP) is 3.05. The Balaban J connectivity index is 1.68. The monoisotopic (exact) mass is 280 g/mol. The van der Waals surface area contributed by atoms with Gasteiger partial charge < -0.3 is 10.2 Å². The summed E-state index contributed by atoms with van der Waals surface area (Å²) in [5, 5.41) is 3.20. The molecule has 0 radical (unpaired) electrons. The number of likely N-dealkylation sites (tertiary alicyclic amines) is 1. The highest BCUT2D eigenvalue weighted by molar-refractivity contribution is 5.76. The summed E-state index contributed by atoms with van der Waals surface area (Å²) in [6, 6.07) is 0.279. The van der Waals surface area contributed by atoms with Crippen LogP contribution in [0, 0.1) is 17.8 Å². The van der Waals surface area contributed by atoms with Crippen LogP contribution in [0.1, 0.15) is 59.3 Å². The van der Waals surface area contributed by atoms with Crippen molar-refractivity contribution in [2.24, 2.45) is 17.8 Å². The van der Waals surface area contributed by atoms with Gasteiger partial charge >= 0.3 is 0 Å². The molecule has 3 atom stereocenters. The Kier molecular flexibility index (Phi) is 5.88. The van der Waals surface area contributed by atoms with Crippen molar-refractivity contribution in [3.05, 3.63) is 0 Å². The van der Waals surface area contributed by atoms with Gasteiger partial charge in [-0.15, -0.1) is 0 Å². The van der Waals surface area contributed by atoms with E-state index in [1.165, 1.54) is 45.2 Å². The molecular formula is C17H32N2O. The molecule has 2 fully saturated rings. The van der Waals surface area contributed by atoms with Crippen LogP contribution in [0.25, 0.3) is 0 Å². The van der Waals surface area contributed by atoms with Crippen LogP contribution in [-0.2, 0) is 4.79 Å². The van der Waals surface area contributed by atoms with Crippen LogP contribution in [-0.4, -0.2) is 36.5 Å². The van der Waals surface area contributed by atoms with Gasteiger partial charge in [-0.2, -0.15) is 0 Å². The van der Waals surface area contributed by atoms with Crippen molar-refractivity contribution in [3.63, 3.8) is 0 Å². The Morgan fingerprint density at radius 3 is 2.40 bits per heavy atom. The van der Waals surface area contributed by atoms with Gasteiger partial charge in [0.1, 0.15) is 0 Å². The second-order valence-electron chi connectivity index (χ2n) is 7.49. The smallest absolute Gasteiger partial charge is 0.220 e. The van der Waals surface area contributed by atoms with E-state index in [-0.39, 0.29) is 11.9 Å². The second-order valence-corrected chi connectivity index (χ2v) is 7.49. The van der Waals surface area contributed by atoms with E-state index in [0.717, 1.165) is 24.8 Å². The molecule has 3 nitrogen and oxygen atoms in total. The second kappa shape index (κ2) is 7.44. The van der Waals surface area contributed by atoms with Gasteiger partial charge in [0.05, 0.1) is 0 Å². The van der Waals surface area contributed by atoms with Crippen molar-refractivity contribution >= 4 is 5.91 Å². The van der Waals surface area contributed by atoms with E-state index >= 15 is 0 Å². The van der Waals surface area contributed by atoms with E-state index in [0.29, 0.717) is 5.92 Å². The molecule has 2 rings (SSSR count). The standard InChI is InChI=1S/C17H32N2O/c1-13-8-14(2)11-19(10-13)12-15(3)18-17(20)9-16-6-4-5-7-16/h13-16H,4-12H2,1-3H3,(H,18,20). The fraction of sp³-hybridized carbons (Fsp3) is 0.941. The van der Waals surface area contributed by atoms with Crippen LogP contribution in [0.5, 0.6) is 0 Å². The minimum atomic E-state index is 0.266. The molecule has 1 amide bonds. The third kappa shape index (κ3) is 5.08. The van der Waals surface area contributed by atoms with Crippen molar-refractivity contribution in [2.45, 2.75) is 65.3 Å². The molecule has 1 saturated carbocycles. The number of rotatable bonds is 5. The van der Waals surface area contributed by atoms with E-state index in [1.807, 2.05) is 0 Å². The topological polar surface area (TPSA) is 32.3 Å². The van der Waals surface area contributed by atoms with Gasteiger partial charge in [0.25, 0.3) is 0 Å². The minimum absolute atomic E-state index is 0.266. The molecule has 0 bridgehead atoms. The molecule has 0 spiro atoms. The van der Waals surface area contributed by atoms with E-state index < -0.39 is 0 Å². The Hall–Kier alpha value is -0.570. The van der Waals surface area contributed by atoms with E-state index in [1.54, 1.807) is 0 Å². The first-order valence-corrected chi connectivity index (χ1v) is 8.54. The number of hydrogen-bond donors (Lipinski definition) is 1. The van der Waals surface area contributed by atoms with Gasteiger partial charge in [0, 0.05) is 32.1 Å².